The van der Waals surface area contributed by atoms with E-state index in [4.69, 9.17) is 28.4 Å². The topological polar surface area (TPSA) is 258 Å². The van der Waals surface area contributed by atoms with Crippen LogP contribution in [-0.4, -0.2) is 170 Å². The molecule has 0 aromatic rings. The van der Waals surface area contributed by atoms with E-state index in [1.54, 1.807) is 0 Å². The van der Waals surface area contributed by atoms with E-state index in [0.29, 0.717) is 0 Å². The maximum atomic E-state index is 10.7. The van der Waals surface area contributed by atoms with Crippen LogP contribution in [0.2, 0.25) is 0 Å². The number of aliphatic hydroxyl groups is 10. The van der Waals surface area contributed by atoms with Gasteiger partial charge in [0.1, 0.15) is 73.2 Å². The molecule has 0 radical (unpaired) electrons. The Hall–Kier alpha value is -0.640. The second-order valence-corrected chi connectivity index (χ2v) is 8.61. The molecule has 0 bridgehead atoms. The van der Waals surface area contributed by atoms with E-state index in [-0.39, 0.29) is 6.61 Å². The van der Waals surface area contributed by atoms with Crippen molar-refractivity contribution in [1.29, 1.82) is 0 Å². The summed E-state index contributed by atoms with van der Waals surface area (Å²) in [5, 5.41) is 101. The summed E-state index contributed by atoms with van der Waals surface area (Å²) in [7, 11) is 1.32. The Kier molecular flexibility index (Phi) is 10.1. The summed E-state index contributed by atoms with van der Waals surface area (Å²) in [5.74, 6) is 0. The molecule has 0 aromatic carbocycles. The first-order valence-electron chi connectivity index (χ1n) is 11.0. The van der Waals surface area contributed by atoms with Crippen molar-refractivity contribution in [3.05, 3.63) is 0 Å². The van der Waals surface area contributed by atoms with Crippen LogP contribution >= 0.6 is 0 Å². The molecule has 3 rings (SSSR count). The molecule has 3 aliphatic rings. The van der Waals surface area contributed by atoms with Gasteiger partial charge in [0.15, 0.2) is 18.9 Å². The molecule has 0 aliphatic carbocycles. The van der Waals surface area contributed by atoms with Crippen molar-refractivity contribution in [3.63, 3.8) is 0 Å². The lowest BCUT2D eigenvalue weighted by Gasteiger charge is -2.47. The molecule has 3 heterocycles. The third kappa shape index (κ3) is 5.93. The SMILES string of the molecule is COCC1OC(OC2C(CO)OC(OC3C(CO)OC(O)C(O)C3O)C(O)C2O)C(O)C(O)C1O. The quantitative estimate of drug-likeness (QED) is 0.143. The fourth-order valence-corrected chi connectivity index (χ4v) is 4.21. The molecule has 0 aromatic heterocycles. The lowest BCUT2D eigenvalue weighted by molar-refractivity contribution is -0.377. The maximum Gasteiger partial charge on any atom is 0.187 e. The van der Waals surface area contributed by atoms with E-state index in [2.05, 4.69) is 0 Å². The molecule has 15 unspecified atom stereocenters. The molecule has 0 spiro atoms. The number of methoxy groups -OCH3 is 1. The Morgan fingerprint density at radius 2 is 1.00 bits per heavy atom. The van der Waals surface area contributed by atoms with Gasteiger partial charge in [-0.3, -0.25) is 0 Å². The van der Waals surface area contributed by atoms with Gasteiger partial charge in [-0.25, -0.2) is 0 Å². The summed E-state index contributed by atoms with van der Waals surface area (Å²) in [6.07, 6.45) is -24.4. The van der Waals surface area contributed by atoms with Crippen molar-refractivity contribution < 1.29 is 79.5 Å². The summed E-state index contributed by atoms with van der Waals surface area (Å²) in [5.41, 5.74) is 0. The van der Waals surface area contributed by atoms with Crippen LogP contribution in [0.1, 0.15) is 0 Å². The van der Waals surface area contributed by atoms with E-state index in [0.717, 1.165) is 0 Å². The monoisotopic (exact) mass is 518 g/mol. The molecule has 0 amide bonds. The average molecular weight is 518 g/mol. The van der Waals surface area contributed by atoms with Crippen molar-refractivity contribution in [1.82, 2.24) is 0 Å². The highest BCUT2D eigenvalue weighted by Gasteiger charge is 2.53. The van der Waals surface area contributed by atoms with Crippen LogP contribution in [0.15, 0.2) is 0 Å². The summed E-state index contributed by atoms with van der Waals surface area (Å²) < 4.78 is 31.7. The zero-order chi connectivity index (χ0) is 26.0. The molecular weight excluding hydrogens is 484 g/mol. The molecule has 15 atom stereocenters. The summed E-state index contributed by atoms with van der Waals surface area (Å²) in [6, 6.07) is 0. The first kappa shape index (κ1) is 28.9. The average Bonchev–Trinajstić information content (AvgIpc) is 2.84. The Morgan fingerprint density at radius 1 is 0.543 bits per heavy atom. The Labute approximate surface area is 199 Å². The third-order valence-electron chi connectivity index (χ3n) is 6.24. The van der Waals surface area contributed by atoms with Crippen LogP contribution < -0.4 is 0 Å². The second-order valence-electron chi connectivity index (χ2n) is 8.61. The van der Waals surface area contributed by atoms with E-state index in [9.17, 15) is 51.1 Å². The molecule has 16 heteroatoms. The minimum Gasteiger partial charge on any atom is -0.394 e. The third-order valence-corrected chi connectivity index (χ3v) is 6.24. The van der Waals surface area contributed by atoms with Crippen LogP contribution in [0.3, 0.4) is 0 Å². The Balaban J connectivity index is 1.72. The highest BCUT2D eigenvalue weighted by molar-refractivity contribution is 4.96. The van der Waals surface area contributed by atoms with Crippen molar-refractivity contribution in [2.24, 2.45) is 0 Å². The van der Waals surface area contributed by atoms with Crippen LogP contribution in [0.5, 0.6) is 0 Å². The van der Waals surface area contributed by atoms with Gasteiger partial charge in [-0.1, -0.05) is 0 Å². The molecule has 3 saturated heterocycles. The van der Waals surface area contributed by atoms with Crippen molar-refractivity contribution in [3.8, 4) is 0 Å². The minimum absolute atomic E-state index is 0.172. The van der Waals surface area contributed by atoms with E-state index < -0.39 is 105 Å². The highest BCUT2D eigenvalue weighted by Crippen LogP contribution is 2.32. The van der Waals surface area contributed by atoms with Gasteiger partial charge in [0.05, 0.1) is 19.8 Å². The van der Waals surface area contributed by atoms with Gasteiger partial charge in [-0.05, 0) is 0 Å². The van der Waals surface area contributed by atoms with Crippen molar-refractivity contribution >= 4 is 0 Å². The van der Waals surface area contributed by atoms with E-state index >= 15 is 0 Å². The van der Waals surface area contributed by atoms with E-state index in [1.807, 2.05) is 0 Å². The fraction of sp³-hybridized carbons (Fsp3) is 1.00. The number of hydrogen-bond donors (Lipinski definition) is 10. The standard InChI is InChI=1S/C19H34O16/c1-30-4-7-8(22)9(23)13(27)18(33-7)35-16-6(3-21)32-19(14(28)11(16)25)34-15-5(2-20)31-17(29)12(26)10(15)24/h5-29H,2-4H2,1H3. The summed E-state index contributed by atoms with van der Waals surface area (Å²) in [4.78, 5) is 0. The first-order valence-corrected chi connectivity index (χ1v) is 11.0. The van der Waals surface area contributed by atoms with Gasteiger partial charge >= 0.3 is 0 Å². The molecule has 206 valence electrons. The van der Waals surface area contributed by atoms with Crippen molar-refractivity contribution in [2.75, 3.05) is 26.9 Å². The van der Waals surface area contributed by atoms with Crippen LogP contribution in [0.25, 0.3) is 0 Å². The summed E-state index contributed by atoms with van der Waals surface area (Å²) in [6.45, 7) is -1.72. The maximum absolute atomic E-state index is 10.7. The van der Waals surface area contributed by atoms with Gasteiger partial charge in [0.25, 0.3) is 0 Å². The summed E-state index contributed by atoms with van der Waals surface area (Å²) >= 11 is 0. The molecule has 3 aliphatic heterocycles. The van der Waals surface area contributed by atoms with Crippen LogP contribution in [0.4, 0.5) is 0 Å². The van der Waals surface area contributed by atoms with Gasteiger partial charge in [0, 0.05) is 7.11 Å². The number of hydrogen-bond acceptors (Lipinski definition) is 16. The molecule has 10 N–H and O–H groups in total. The van der Waals surface area contributed by atoms with Crippen molar-refractivity contribution in [2.45, 2.75) is 92.1 Å². The number of aliphatic hydroxyl groups excluding tert-OH is 10. The van der Waals surface area contributed by atoms with Gasteiger partial charge in [-0.2, -0.15) is 0 Å². The Morgan fingerprint density at radius 3 is 1.51 bits per heavy atom. The first-order chi connectivity index (χ1) is 16.5. The number of ether oxygens (including phenoxy) is 6. The molecule has 16 nitrogen and oxygen atoms in total. The predicted octanol–water partition coefficient (Wildman–Crippen LogP) is -6.92. The van der Waals surface area contributed by atoms with Crippen LogP contribution in [0, 0.1) is 0 Å². The smallest absolute Gasteiger partial charge is 0.187 e. The molecule has 0 saturated carbocycles. The predicted molar refractivity (Wildman–Crippen MR) is 106 cm³/mol. The fourth-order valence-electron chi connectivity index (χ4n) is 4.21. The van der Waals surface area contributed by atoms with Crippen LogP contribution in [-0.2, 0) is 28.4 Å². The minimum atomic E-state index is -1.88. The molecule has 35 heavy (non-hydrogen) atoms. The van der Waals surface area contributed by atoms with Gasteiger partial charge in [0.2, 0.25) is 0 Å². The Bertz CT molecular complexity index is 652. The second kappa shape index (κ2) is 12.3. The zero-order valence-corrected chi connectivity index (χ0v) is 18.7. The largest absolute Gasteiger partial charge is 0.394 e. The van der Waals surface area contributed by atoms with Gasteiger partial charge in [-0.15, -0.1) is 0 Å². The van der Waals surface area contributed by atoms with Gasteiger partial charge < -0.3 is 79.5 Å². The lowest BCUT2D eigenvalue weighted by Crippen LogP contribution is -2.66. The normalized spacial score (nSPS) is 51.3. The van der Waals surface area contributed by atoms with E-state index in [1.165, 1.54) is 7.11 Å². The molecular formula is C19H34O16. The number of rotatable bonds is 8. The lowest BCUT2D eigenvalue weighted by atomic mass is 9.96. The highest BCUT2D eigenvalue weighted by atomic mass is 16.8. The zero-order valence-electron chi connectivity index (χ0n) is 18.7. The molecule has 3 fully saturated rings.